The van der Waals surface area contributed by atoms with Crippen molar-refractivity contribution in [2.24, 2.45) is 0 Å². The summed E-state index contributed by atoms with van der Waals surface area (Å²) in [6, 6.07) is 13.2. The Bertz CT molecular complexity index is 858. The van der Waals surface area contributed by atoms with Gasteiger partial charge in [0.2, 0.25) is 0 Å². The van der Waals surface area contributed by atoms with Crippen LogP contribution < -0.4 is 9.47 Å². The first-order valence-corrected chi connectivity index (χ1v) is 7.99. The fraction of sp³-hybridized carbons (Fsp3) is 0.118. The molecule has 3 rings (SSSR count). The van der Waals surface area contributed by atoms with Crippen molar-refractivity contribution in [1.82, 2.24) is 0 Å². The number of hydrogen-bond donors (Lipinski definition) is 1. The highest BCUT2D eigenvalue weighted by molar-refractivity contribution is 7.21. The van der Waals surface area contributed by atoms with E-state index in [1.807, 2.05) is 30.3 Å². The highest BCUT2D eigenvalue weighted by Crippen LogP contribution is 2.41. The lowest BCUT2D eigenvalue weighted by Gasteiger charge is -2.11. The molecule has 0 saturated carbocycles. The minimum absolute atomic E-state index is 0.115. The van der Waals surface area contributed by atoms with Gasteiger partial charge in [-0.25, -0.2) is 4.79 Å². The lowest BCUT2D eigenvalue weighted by molar-refractivity contribution is 0.0702. The van der Waals surface area contributed by atoms with Crippen molar-refractivity contribution >= 4 is 39.0 Å². The van der Waals surface area contributed by atoms with E-state index in [0.29, 0.717) is 23.5 Å². The predicted octanol–water partition coefficient (Wildman–Crippen LogP) is 4.84. The molecule has 0 bridgehead atoms. The normalized spacial score (nSPS) is 10.7. The standard InChI is InChI=1S/C17H13ClO4S/c1-21-12-8-14-11(15(18)16(23-14)17(19)20)7-13(12)22-9-10-5-3-2-4-6-10/h2-8H,9H2,1H3,(H,19,20). The first-order valence-electron chi connectivity index (χ1n) is 6.80. The minimum atomic E-state index is -1.04. The Morgan fingerprint density at radius 1 is 1.22 bits per heavy atom. The number of hydrogen-bond acceptors (Lipinski definition) is 4. The van der Waals surface area contributed by atoms with E-state index in [9.17, 15) is 9.90 Å². The summed E-state index contributed by atoms with van der Waals surface area (Å²) in [7, 11) is 1.55. The van der Waals surface area contributed by atoms with Crippen LogP contribution in [0.5, 0.6) is 11.5 Å². The Morgan fingerprint density at radius 2 is 1.96 bits per heavy atom. The largest absolute Gasteiger partial charge is 0.493 e. The summed E-state index contributed by atoms with van der Waals surface area (Å²) in [6.07, 6.45) is 0. The van der Waals surface area contributed by atoms with E-state index in [2.05, 4.69) is 0 Å². The predicted molar refractivity (Wildman–Crippen MR) is 91.1 cm³/mol. The Labute approximate surface area is 141 Å². The number of thiophene rings is 1. The van der Waals surface area contributed by atoms with Gasteiger partial charge >= 0.3 is 5.97 Å². The molecule has 0 fully saturated rings. The number of rotatable bonds is 5. The molecular weight excluding hydrogens is 336 g/mol. The average Bonchev–Trinajstić information content (AvgIpc) is 2.89. The van der Waals surface area contributed by atoms with Crippen LogP contribution in [0.15, 0.2) is 42.5 Å². The molecule has 118 valence electrons. The molecule has 23 heavy (non-hydrogen) atoms. The molecule has 0 atom stereocenters. The number of methoxy groups -OCH3 is 1. The number of aromatic carboxylic acids is 1. The van der Waals surface area contributed by atoms with Gasteiger partial charge in [-0.1, -0.05) is 41.9 Å². The molecule has 6 heteroatoms. The van der Waals surface area contributed by atoms with E-state index in [-0.39, 0.29) is 9.90 Å². The molecule has 0 unspecified atom stereocenters. The van der Waals surface area contributed by atoms with Gasteiger partial charge in [0, 0.05) is 16.2 Å². The lowest BCUT2D eigenvalue weighted by Crippen LogP contribution is -1.97. The van der Waals surface area contributed by atoms with Crippen molar-refractivity contribution < 1.29 is 19.4 Å². The van der Waals surface area contributed by atoms with Crippen LogP contribution in [0.3, 0.4) is 0 Å². The first kappa shape index (κ1) is 15.6. The van der Waals surface area contributed by atoms with Crippen molar-refractivity contribution in [1.29, 1.82) is 0 Å². The average molecular weight is 349 g/mol. The second-order valence-electron chi connectivity index (χ2n) is 4.82. The SMILES string of the molecule is COc1cc2sc(C(=O)O)c(Cl)c2cc1OCc1ccccc1. The van der Waals surface area contributed by atoms with E-state index in [1.54, 1.807) is 19.2 Å². The number of fused-ring (bicyclic) bond motifs is 1. The third kappa shape index (κ3) is 3.11. The van der Waals surface area contributed by atoms with Gasteiger partial charge in [0.25, 0.3) is 0 Å². The van der Waals surface area contributed by atoms with E-state index < -0.39 is 5.97 Å². The van der Waals surface area contributed by atoms with Crippen LogP contribution in [-0.2, 0) is 6.61 Å². The van der Waals surface area contributed by atoms with Crippen LogP contribution in [0.2, 0.25) is 5.02 Å². The number of ether oxygens (including phenoxy) is 2. The molecule has 4 nitrogen and oxygen atoms in total. The summed E-state index contributed by atoms with van der Waals surface area (Å²) in [5.41, 5.74) is 1.03. The Balaban J connectivity index is 1.98. The van der Waals surface area contributed by atoms with Crippen molar-refractivity contribution in [3.63, 3.8) is 0 Å². The van der Waals surface area contributed by atoms with Gasteiger partial charge in [-0.2, -0.15) is 0 Å². The fourth-order valence-corrected chi connectivity index (χ4v) is 3.57. The molecular formula is C17H13ClO4S. The molecule has 0 saturated heterocycles. The smallest absolute Gasteiger partial charge is 0.347 e. The van der Waals surface area contributed by atoms with Crippen LogP contribution in [0, 0.1) is 0 Å². The topological polar surface area (TPSA) is 55.8 Å². The first-order chi connectivity index (χ1) is 11.1. The Morgan fingerprint density at radius 3 is 2.61 bits per heavy atom. The molecule has 1 N–H and O–H groups in total. The van der Waals surface area contributed by atoms with E-state index in [0.717, 1.165) is 21.6 Å². The third-order valence-corrected chi connectivity index (χ3v) is 4.99. The summed E-state index contributed by atoms with van der Waals surface area (Å²) in [4.78, 5) is 11.3. The lowest BCUT2D eigenvalue weighted by atomic mass is 10.2. The molecule has 0 spiro atoms. The number of carboxylic acid groups (broad SMARTS) is 1. The van der Waals surface area contributed by atoms with Crippen molar-refractivity contribution in [3.05, 3.63) is 57.9 Å². The zero-order valence-electron chi connectivity index (χ0n) is 12.2. The molecule has 1 heterocycles. The second-order valence-corrected chi connectivity index (χ2v) is 6.25. The number of benzene rings is 2. The van der Waals surface area contributed by atoms with Crippen LogP contribution >= 0.6 is 22.9 Å². The maximum Gasteiger partial charge on any atom is 0.347 e. The highest BCUT2D eigenvalue weighted by Gasteiger charge is 2.19. The fourth-order valence-electron chi connectivity index (χ4n) is 2.22. The number of carbonyl (C=O) groups is 1. The maximum atomic E-state index is 11.2. The van der Waals surface area contributed by atoms with Gasteiger partial charge < -0.3 is 14.6 Å². The molecule has 0 radical (unpaired) electrons. The van der Waals surface area contributed by atoms with E-state index in [4.69, 9.17) is 21.1 Å². The van der Waals surface area contributed by atoms with Crippen LogP contribution in [0.25, 0.3) is 10.1 Å². The van der Waals surface area contributed by atoms with Crippen LogP contribution in [0.4, 0.5) is 0 Å². The Kier molecular flexibility index (Phi) is 4.41. The number of halogens is 1. The van der Waals surface area contributed by atoms with Crippen LogP contribution in [0.1, 0.15) is 15.2 Å². The van der Waals surface area contributed by atoms with Gasteiger partial charge in [-0.15, -0.1) is 11.3 Å². The van der Waals surface area contributed by atoms with Gasteiger partial charge in [0.1, 0.15) is 11.5 Å². The van der Waals surface area contributed by atoms with E-state index in [1.165, 1.54) is 0 Å². The van der Waals surface area contributed by atoms with Gasteiger partial charge in [0.15, 0.2) is 11.5 Å². The summed E-state index contributed by atoms with van der Waals surface area (Å²) >= 11 is 7.29. The monoisotopic (exact) mass is 348 g/mol. The van der Waals surface area contributed by atoms with Gasteiger partial charge in [-0.3, -0.25) is 0 Å². The summed E-state index contributed by atoms with van der Waals surface area (Å²) < 4.78 is 11.9. The minimum Gasteiger partial charge on any atom is -0.493 e. The zero-order chi connectivity index (χ0) is 16.4. The van der Waals surface area contributed by atoms with Crippen molar-refractivity contribution in [3.8, 4) is 11.5 Å². The molecule has 0 aliphatic heterocycles. The van der Waals surface area contributed by atoms with Gasteiger partial charge in [0.05, 0.1) is 12.1 Å². The Hall–Kier alpha value is -2.24. The summed E-state index contributed by atoms with van der Waals surface area (Å²) in [5.74, 6) is 0.0331. The number of carboxylic acids is 1. The van der Waals surface area contributed by atoms with Crippen molar-refractivity contribution in [2.75, 3.05) is 7.11 Å². The molecule has 1 aromatic heterocycles. The zero-order valence-corrected chi connectivity index (χ0v) is 13.8. The molecule has 2 aromatic carbocycles. The van der Waals surface area contributed by atoms with Gasteiger partial charge in [-0.05, 0) is 11.6 Å². The quantitative estimate of drug-likeness (QED) is 0.716. The third-order valence-electron chi connectivity index (χ3n) is 3.35. The summed E-state index contributed by atoms with van der Waals surface area (Å²) in [5, 5.41) is 10.1. The maximum absolute atomic E-state index is 11.2. The second kappa shape index (κ2) is 6.48. The van der Waals surface area contributed by atoms with Crippen LogP contribution in [-0.4, -0.2) is 18.2 Å². The molecule has 3 aromatic rings. The van der Waals surface area contributed by atoms with E-state index >= 15 is 0 Å². The molecule has 0 amide bonds. The summed E-state index contributed by atoms with van der Waals surface area (Å²) in [6.45, 7) is 0.385. The van der Waals surface area contributed by atoms with Crippen molar-refractivity contribution in [2.45, 2.75) is 6.61 Å². The molecule has 0 aliphatic carbocycles. The molecule has 0 aliphatic rings. The highest BCUT2D eigenvalue weighted by atomic mass is 35.5.